The Morgan fingerprint density at radius 2 is 1.85 bits per heavy atom. The zero-order valence-electron chi connectivity index (χ0n) is 19.6. The van der Waals surface area contributed by atoms with E-state index in [1.54, 1.807) is 0 Å². The first-order valence-corrected chi connectivity index (χ1v) is 11.9. The standard InChI is InChI=1S/C25H36N4O4/c1-18(2)16-20-23(31)29-25(11-5-6-12-25)24(32)28-17-22(30)27-13-7-9-19-8-3-4-10-21(19)33-15-14-26-20/h3-4,7-10,18,20,26H,5-6,11-17H2,1-2H3,(H,27,30)(H,28,32)(H,29,31)/b9-7+. The predicted octanol–water partition coefficient (Wildman–Crippen LogP) is 1.76. The van der Waals surface area contributed by atoms with E-state index in [0.717, 1.165) is 24.2 Å². The summed E-state index contributed by atoms with van der Waals surface area (Å²) in [6.07, 6.45) is 7.26. The smallest absolute Gasteiger partial charge is 0.246 e. The number of fused-ring (bicyclic) bond motifs is 1. The minimum Gasteiger partial charge on any atom is -0.492 e. The van der Waals surface area contributed by atoms with Gasteiger partial charge in [-0.15, -0.1) is 0 Å². The maximum Gasteiger partial charge on any atom is 0.246 e. The Morgan fingerprint density at radius 3 is 2.61 bits per heavy atom. The van der Waals surface area contributed by atoms with Crippen molar-refractivity contribution >= 4 is 23.8 Å². The van der Waals surface area contributed by atoms with Crippen LogP contribution in [0, 0.1) is 5.92 Å². The molecule has 4 N–H and O–H groups in total. The van der Waals surface area contributed by atoms with E-state index in [0.29, 0.717) is 44.9 Å². The number of rotatable bonds is 2. The van der Waals surface area contributed by atoms with E-state index in [1.807, 2.05) is 36.4 Å². The molecule has 180 valence electrons. The number of nitrogens with one attached hydrogen (secondary N) is 4. The molecule has 1 spiro atoms. The van der Waals surface area contributed by atoms with Gasteiger partial charge in [0.15, 0.2) is 0 Å². The van der Waals surface area contributed by atoms with Gasteiger partial charge in [0, 0.05) is 18.7 Å². The molecule has 1 aromatic carbocycles. The molecule has 1 heterocycles. The van der Waals surface area contributed by atoms with Gasteiger partial charge in [-0.3, -0.25) is 14.4 Å². The largest absolute Gasteiger partial charge is 0.492 e. The van der Waals surface area contributed by atoms with E-state index in [4.69, 9.17) is 4.74 Å². The van der Waals surface area contributed by atoms with Gasteiger partial charge in [0.1, 0.15) is 17.9 Å². The van der Waals surface area contributed by atoms with Gasteiger partial charge in [-0.25, -0.2) is 0 Å². The second kappa shape index (κ2) is 11.8. The van der Waals surface area contributed by atoms with Crippen molar-refractivity contribution < 1.29 is 19.1 Å². The van der Waals surface area contributed by atoms with Crippen LogP contribution in [0.25, 0.3) is 6.08 Å². The molecule has 1 fully saturated rings. The Hall–Kier alpha value is -2.87. The third kappa shape index (κ3) is 7.05. The Morgan fingerprint density at radius 1 is 1.09 bits per heavy atom. The number of hydrogen-bond acceptors (Lipinski definition) is 5. The number of benzene rings is 1. The number of carbonyl (C=O) groups excluding carboxylic acids is 3. The highest BCUT2D eigenvalue weighted by atomic mass is 16.5. The van der Waals surface area contributed by atoms with Crippen LogP contribution >= 0.6 is 0 Å². The summed E-state index contributed by atoms with van der Waals surface area (Å²) in [6.45, 7) is 5.24. The van der Waals surface area contributed by atoms with E-state index in [2.05, 4.69) is 35.1 Å². The van der Waals surface area contributed by atoms with Gasteiger partial charge in [0.05, 0.1) is 12.6 Å². The third-order valence-corrected chi connectivity index (χ3v) is 6.07. The van der Waals surface area contributed by atoms with E-state index in [-0.39, 0.29) is 24.3 Å². The van der Waals surface area contributed by atoms with E-state index in [1.165, 1.54) is 0 Å². The van der Waals surface area contributed by atoms with Crippen molar-refractivity contribution in [2.75, 3.05) is 26.2 Å². The fraction of sp³-hybridized carbons (Fsp3) is 0.560. The van der Waals surface area contributed by atoms with Crippen molar-refractivity contribution in [3.05, 3.63) is 35.9 Å². The van der Waals surface area contributed by atoms with Crippen LogP contribution in [0.2, 0.25) is 0 Å². The molecule has 1 aliphatic carbocycles. The van der Waals surface area contributed by atoms with Crippen molar-refractivity contribution in [2.24, 2.45) is 5.92 Å². The molecule has 2 aliphatic rings. The molecule has 8 heteroatoms. The summed E-state index contributed by atoms with van der Waals surface area (Å²) in [5.74, 6) is 0.285. The SMILES string of the molecule is CC(C)CC1NCCOc2ccccc2/C=C/CNC(=O)CNC(=O)C2(CCCC2)NC1=O. The highest BCUT2D eigenvalue weighted by Gasteiger charge is 2.43. The molecule has 0 saturated heterocycles. The zero-order chi connectivity index (χ0) is 23.7. The van der Waals surface area contributed by atoms with E-state index < -0.39 is 11.6 Å². The van der Waals surface area contributed by atoms with Crippen LogP contribution in [0.3, 0.4) is 0 Å². The Balaban J connectivity index is 1.79. The lowest BCUT2D eigenvalue weighted by Gasteiger charge is -2.31. The summed E-state index contributed by atoms with van der Waals surface area (Å²) in [7, 11) is 0. The van der Waals surface area contributed by atoms with Gasteiger partial charge in [-0.1, -0.05) is 57.0 Å². The van der Waals surface area contributed by atoms with Gasteiger partial charge >= 0.3 is 0 Å². The number of amides is 3. The molecule has 33 heavy (non-hydrogen) atoms. The average Bonchev–Trinajstić information content (AvgIpc) is 3.26. The quantitative estimate of drug-likeness (QED) is 0.542. The minimum absolute atomic E-state index is 0.127. The second-order valence-corrected chi connectivity index (χ2v) is 9.19. The molecule has 0 radical (unpaired) electrons. The molecule has 8 nitrogen and oxygen atoms in total. The van der Waals surface area contributed by atoms with Crippen LogP contribution in [-0.4, -0.2) is 55.5 Å². The highest BCUT2D eigenvalue weighted by Crippen LogP contribution is 2.30. The summed E-state index contributed by atoms with van der Waals surface area (Å²) in [4.78, 5) is 38.5. The Labute approximate surface area is 195 Å². The lowest BCUT2D eigenvalue weighted by molar-refractivity contribution is -0.135. The molecule has 0 bridgehead atoms. The molecular weight excluding hydrogens is 420 g/mol. The summed E-state index contributed by atoms with van der Waals surface area (Å²) in [5.41, 5.74) is -0.0597. The number of hydrogen-bond donors (Lipinski definition) is 4. The van der Waals surface area contributed by atoms with Crippen molar-refractivity contribution in [3.63, 3.8) is 0 Å². The minimum atomic E-state index is -0.963. The first-order valence-electron chi connectivity index (χ1n) is 11.9. The van der Waals surface area contributed by atoms with Crippen molar-refractivity contribution in [3.8, 4) is 5.75 Å². The molecule has 3 amide bonds. The van der Waals surface area contributed by atoms with Gasteiger partial charge in [-0.2, -0.15) is 0 Å². The molecular formula is C25H36N4O4. The Kier molecular flexibility index (Phi) is 8.88. The number of ether oxygens (including phenoxy) is 1. The van der Waals surface area contributed by atoms with E-state index in [9.17, 15) is 14.4 Å². The second-order valence-electron chi connectivity index (χ2n) is 9.19. The van der Waals surface area contributed by atoms with E-state index >= 15 is 0 Å². The van der Waals surface area contributed by atoms with Gasteiger partial charge in [0.2, 0.25) is 17.7 Å². The molecule has 0 aromatic heterocycles. The van der Waals surface area contributed by atoms with Crippen LogP contribution in [0.4, 0.5) is 0 Å². The van der Waals surface area contributed by atoms with Crippen LogP contribution < -0.4 is 26.0 Å². The van der Waals surface area contributed by atoms with Crippen molar-refractivity contribution in [1.29, 1.82) is 0 Å². The van der Waals surface area contributed by atoms with Crippen LogP contribution in [0.5, 0.6) is 5.75 Å². The third-order valence-electron chi connectivity index (χ3n) is 6.07. The first kappa shape index (κ1) is 24.8. The lowest BCUT2D eigenvalue weighted by atomic mass is 9.94. The summed E-state index contributed by atoms with van der Waals surface area (Å²) in [6, 6.07) is 7.24. The maximum atomic E-state index is 13.2. The van der Waals surface area contributed by atoms with Crippen LogP contribution in [-0.2, 0) is 14.4 Å². The summed E-state index contributed by atoms with van der Waals surface area (Å²) < 4.78 is 5.96. The number of carbonyl (C=O) groups is 3. The monoisotopic (exact) mass is 456 g/mol. The molecule has 1 unspecified atom stereocenters. The summed E-state index contributed by atoms with van der Waals surface area (Å²) in [5, 5.41) is 11.9. The van der Waals surface area contributed by atoms with Gasteiger partial charge < -0.3 is 26.0 Å². The fourth-order valence-electron chi connectivity index (χ4n) is 4.36. The van der Waals surface area contributed by atoms with Crippen molar-refractivity contribution in [1.82, 2.24) is 21.3 Å². The molecule has 3 rings (SSSR count). The summed E-state index contributed by atoms with van der Waals surface area (Å²) >= 11 is 0. The molecule has 1 aliphatic heterocycles. The Bertz CT molecular complexity index is 862. The molecule has 1 aromatic rings. The predicted molar refractivity (Wildman–Crippen MR) is 128 cm³/mol. The molecule has 1 atom stereocenters. The zero-order valence-corrected chi connectivity index (χ0v) is 19.6. The lowest BCUT2D eigenvalue weighted by Crippen LogP contribution is -2.61. The number of para-hydroxylation sites is 1. The topological polar surface area (TPSA) is 109 Å². The van der Waals surface area contributed by atoms with Gasteiger partial charge in [-0.05, 0) is 31.2 Å². The fourth-order valence-corrected chi connectivity index (χ4v) is 4.36. The van der Waals surface area contributed by atoms with Gasteiger partial charge in [0.25, 0.3) is 0 Å². The van der Waals surface area contributed by atoms with Crippen molar-refractivity contribution in [2.45, 2.75) is 57.5 Å². The first-order chi connectivity index (χ1) is 15.9. The van der Waals surface area contributed by atoms with Crippen LogP contribution in [0.15, 0.2) is 30.3 Å². The van der Waals surface area contributed by atoms with Crippen LogP contribution in [0.1, 0.15) is 51.5 Å². The molecule has 1 saturated carbocycles. The normalized spacial score (nSPS) is 23.5. The maximum absolute atomic E-state index is 13.2. The average molecular weight is 457 g/mol. The highest BCUT2D eigenvalue weighted by molar-refractivity contribution is 5.95.